The molecule has 1 aliphatic rings. The molecule has 3 aromatic carbocycles. The summed E-state index contributed by atoms with van der Waals surface area (Å²) >= 11 is 3.53. The second kappa shape index (κ2) is 8.65. The van der Waals surface area contributed by atoms with Gasteiger partial charge in [0, 0.05) is 4.47 Å². The molecule has 154 valence electrons. The molecule has 0 bridgehead atoms. The van der Waals surface area contributed by atoms with E-state index in [-0.39, 0.29) is 11.3 Å². The van der Waals surface area contributed by atoms with E-state index in [4.69, 9.17) is 0 Å². The Kier molecular flexibility index (Phi) is 5.77. The first-order chi connectivity index (χ1) is 14.9. The number of hydrogen-bond acceptors (Lipinski definition) is 3. The second-order valence-corrected chi connectivity index (χ2v) is 7.77. The van der Waals surface area contributed by atoms with Crippen LogP contribution in [0.5, 0.6) is 0 Å². The van der Waals surface area contributed by atoms with Crippen molar-refractivity contribution in [2.24, 2.45) is 0 Å². The van der Waals surface area contributed by atoms with Crippen LogP contribution in [0.2, 0.25) is 0 Å². The average molecular weight is 479 g/mol. The van der Waals surface area contributed by atoms with Crippen LogP contribution < -0.4 is 10.2 Å². The lowest BCUT2D eigenvalue weighted by Gasteiger charge is -2.26. The SMILES string of the molecule is O=C1NC(=O)N(c2ccccc2F)C(=O)/C1=C\c1ccc(Cc2ccccc2Br)cc1. The van der Waals surface area contributed by atoms with E-state index in [2.05, 4.69) is 21.2 Å². The van der Waals surface area contributed by atoms with E-state index in [1.54, 1.807) is 12.1 Å². The lowest BCUT2D eigenvalue weighted by atomic mass is 10.0. The molecule has 0 atom stereocenters. The molecule has 4 rings (SSSR count). The van der Waals surface area contributed by atoms with Crippen LogP contribution in [0.15, 0.2) is 82.8 Å². The molecule has 31 heavy (non-hydrogen) atoms. The number of nitrogens with one attached hydrogen (secondary N) is 1. The number of imide groups is 2. The predicted octanol–water partition coefficient (Wildman–Crippen LogP) is 4.85. The summed E-state index contributed by atoms with van der Waals surface area (Å²) in [7, 11) is 0. The molecular weight excluding hydrogens is 463 g/mol. The third-order valence-electron chi connectivity index (χ3n) is 4.84. The van der Waals surface area contributed by atoms with Crippen molar-refractivity contribution >= 4 is 45.5 Å². The van der Waals surface area contributed by atoms with E-state index in [0.29, 0.717) is 16.9 Å². The number of benzene rings is 3. The van der Waals surface area contributed by atoms with Crippen molar-refractivity contribution in [1.29, 1.82) is 0 Å². The fourth-order valence-corrected chi connectivity index (χ4v) is 3.69. The van der Waals surface area contributed by atoms with Crippen LogP contribution in [-0.2, 0) is 16.0 Å². The Morgan fingerprint density at radius 1 is 0.903 bits per heavy atom. The number of para-hydroxylation sites is 1. The van der Waals surface area contributed by atoms with E-state index in [1.807, 2.05) is 36.4 Å². The molecule has 0 aliphatic carbocycles. The summed E-state index contributed by atoms with van der Waals surface area (Å²) in [6.07, 6.45) is 2.10. The number of rotatable bonds is 4. The van der Waals surface area contributed by atoms with E-state index >= 15 is 0 Å². The normalized spacial score (nSPS) is 15.4. The molecule has 7 heteroatoms. The van der Waals surface area contributed by atoms with Gasteiger partial charge in [0.25, 0.3) is 11.8 Å². The van der Waals surface area contributed by atoms with Crippen molar-refractivity contribution in [2.45, 2.75) is 6.42 Å². The van der Waals surface area contributed by atoms with Crippen LogP contribution in [0.25, 0.3) is 6.08 Å². The molecule has 3 aromatic rings. The molecule has 1 aliphatic heterocycles. The van der Waals surface area contributed by atoms with Gasteiger partial charge in [0.15, 0.2) is 0 Å². The Labute approximate surface area is 186 Å². The van der Waals surface area contributed by atoms with Gasteiger partial charge in [-0.1, -0.05) is 70.5 Å². The highest BCUT2D eigenvalue weighted by Crippen LogP contribution is 2.25. The Morgan fingerprint density at radius 2 is 1.58 bits per heavy atom. The minimum Gasteiger partial charge on any atom is -0.273 e. The number of carbonyl (C=O) groups is 3. The Bertz CT molecular complexity index is 1220. The largest absolute Gasteiger partial charge is 0.336 e. The molecule has 4 amide bonds. The van der Waals surface area contributed by atoms with Crippen molar-refractivity contribution in [3.63, 3.8) is 0 Å². The van der Waals surface area contributed by atoms with Gasteiger partial charge < -0.3 is 0 Å². The van der Waals surface area contributed by atoms with Gasteiger partial charge in [-0.15, -0.1) is 0 Å². The van der Waals surface area contributed by atoms with Gasteiger partial charge in [-0.3, -0.25) is 14.9 Å². The number of anilines is 1. The quantitative estimate of drug-likeness (QED) is 0.430. The number of halogens is 2. The maximum Gasteiger partial charge on any atom is 0.336 e. The molecule has 0 saturated carbocycles. The summed E-state index contributed by atoms with van der Waals surface area (Å²) < 4.78 is 15.2. The predicted molar refractivity (Wildman–Crippen MR) is 119 cm³/mol. The maximum absolute atomic E-state index is 14.1. The van der Waals surface area contributed by atoms with Gasteiger partial charge in [0.1, 0.15) is 11.4 Å². The first kappa shape index (κ1) is 20.7. The molecule has 1 heterocycles. The Balaban J connectivity index is 1.60. The molecule has 0 spiro atoms. The van der Waals surface area contributed by atoms with Crippen molar-refractivity contribution in [2.75, 3.05) is 4.90 Å². The lowest BCUT2D eigenvalue weighted by molar-refractivity contribution is -0.122. The van der Waals surface area contributed by atoms with Gasteiger partial charge in [-0.2, -0.15) is 0 Å². The lowest BCUT2D eigenvalue weighted by Crippen LogP contribution is -2.54. The van der Waals surface area contributed by atoms with Gasteiger partial charge in [0.05, 0.1) is 5.69 Å². The number of urea groups is 1. The van der Waals surface area contributed by atoms with Crippen LogP contribution in [0.1, 0.15) is 16.7 Å². The van der Waals surface area contributed by atoms with Crippen molar-refractivity contribution in [3.8, 4) is 0 Å². The number of amides is 4. The summed E-state index contributed by atoms with van der Waals surface area (Å²) in [6, 6.07) is 19.7. The summed E-state index contributed by atoms with van der Waals surface area (Å²) in [5, 5.41) is 2.09. The molecule has 5 nitrogen and oxygen atoms in total. The molecule has 0 radical (unpaired) electrons. The van der Waals surface area contributed by atoms with Crippen molar-refractivity contribution in [3.05, 3.63) is 105 Å². The zero-order chi connectivity index (χ0) is 22.0. The van der Waals surface area contributed by atoms with E-state index in [1.165, 1.54) is 24.3 Å². The van der Waals surface area contributed by atoms with Crippen molar-refractivity contribution in [1.82, 2.24) is 5.32 Å². The molecule has 0 unspecified atom stereocenters. The standard InChI is InChI=1S/C24H16BrFN2O3/c25-19-6-2-1-5-17(19)13-15-9-11-16(12-10-15)14-18-22(29)27-24(31)28(23(18)30)21-8-4-3-7-20(21)26/h1-12,14H,13H2,(H,27,29,31)/b18-14-. The topological polar surface area (TPSA) is 66.5 Å². The van der Waals surface area contributed by atoms with E-state index in [0.717, 1.165) is 21.7 Å². The fourth-order valence-electron chi connectivity index (χ4n) is 3.27. The van der Waals surface area contributed by atoms with Crippen LogP contribution in [-0.4, -0.2) is 17.8 Å². The summed E-state index contributed by atoms with van der Waals surface area (Å²) in [5.74, 6) is -2.44. The van der Waals surface area contributed by atoms with Gasteiger partial charge in [-0.05, 0) is 47.4 Å². The molecule has 1 fully saturated rings. The third-order valence-corrected chi connectivity index (χ3v) is 5.61. The minimum absolute atomic E-state index is 0.216. The second-order valence-electron chi connectivity index (χ2n) is 6.92. The first-order valence-corrected chi connectivity index (χ1v) is 10.2. The third kappa shape index (κ3) is 4.32. The van der Waals surface area contributed by atoms with Crippen LogP contribution in [0, 0.1) is 5.82 Å². The zero-order valence-corrected chi connectivity index (χ0v) is 17.7. The highest BCUT2D eigenvalue weighted by molar-refractivity contribution is 9.10. The monoisotopic (exact) mass is 478 g/mol. The Morgan fingerprint density at radius 3 is 2.29 bits per heavy atom. The van der Waals surface area contributed by atoms with E-state index < -0.39 is 23.7 Å². The summed E-state index contributed by atoms with van der Waals surface area (Å²) in [6.45, 7) is 0. The number of carbonyl (C=O) groups excluding carboxylic acids is 3. The molecule has 1 N–H and O–H groups in total. The minimum atomic E-state index is -0.985. The van der Waals surface area contributed by atoms with Crippen LogP contribution in [0.4, 0.5) is 14.9 Å². The summed E-state index contributed by atoms with van der Waals surface area (Å²) in [5.41, 5.74) is 2.33. The number of nitrogens with zero attached hydrogens (tertiary/aromatic N) is 1. The highest BCUT2D eigenvalue weighted by Gasteiger charge is 2.37. The van der Waals surface area contributed by atoms with E-state index in [9.17, 15) is 18.8 Å². The van der Waals surface area contributed by atoms with Crippen LogP contribution in [0.3, 0.4) is 0 Å². The highest BCUT2D eigenvalue weighted by atomic mass is 79.9. The number of barbiturate groups is 1. The van der Waals surface area contributed by atoms with Gasteiger partial charge in [-0.25, -0.2) is 14.1 Å². The van der Waals surface area contributed by atoms with Gasteiger partial charge >= 0.3 is 6.03 Å². The van der Waals surface area contributed by atoms with Crippen LogP contribution >= 0.6 is 15.9 Å². The fraction of sp³-hybridized carbons (Fsp3) is 0.0417. The molecular formula is C24H16BrFN2O3. The average Bonchev–Trinajstić information content (AvgIpc) is 2.75. The van der Waals surface area contributed by atoms with Crippen molar-refractivity contribution < 1.29 is 18.8 Å². The van der Waals surface area contributed by atoms with Gasteiger partial charge in [0.2, 0.25) is 0 Å². The number of hydrogen-bond donors (Lipinski definition) is 1. The summed E-state index contributed by atoms with van der Waals surface area (Å²) in [4.78, 5) is 37.9. The smallest absolute Gasteiger partial charge is 0.273 e. The first-order valence-electron chi connectivity index (χ1n) is 9.42. The molecule has 0 aromatic heterocycles. The maximum atomic E-state index is 14.1. The zero-order valence-electron chi connectivity index (χ0n) is 16.1. The Hall–Kier alpha value is -3.58. The molecule has 1 saturated heterocycles.